The number of carboxylic acid groups (broad SMARTS) is 1. The van der Waals surface area contributed by atoms with Crippen molar-refractivity contribution >= 4 is 23.3 Å². The van der Waals surface area contributed by atoms with Crippen molar-refractivity contribution in [2.75, 3.05) is 18.0 Å². The molecule has 1 heterocycles. The van der Waals surface area contributed by atoms with Gasteiger partial charge in [0.2, 0.25) is 0 Å². The van der Waals surface area contributed by atoms with E-state index in [0.29, 0.717) is 16.4 Å². The van der Waals surface area contributed by atoms with Crippen LogP contribution < -0.4 is 4.90 Å². The highest BCUT2D eigenvalue weighted by Crippen LogP contribution is 2.37. The molecular formula is C15H20ClNO2. The van der Waals surface area contributed by atoms with Crippen molar-refractivity contribution in [3.05, 3.63) is 28.8 Å². The van der Waals surface area contributed by atoms with E-state index in [0.717, 1.165) is 25.2 Å². The molecule has 0 aliphatic carbocycles. The SMILES string of the molecule is CC(C)(C)C1CCN(c2ccc(C(=O)O)cc2Cl)C1. The van der Waals surface area contributed by atoms with Gasteiger partial charge >= 0.3 is 5.97 Å². The zero-order valence-electron chi connectivity index (χ0n) is 11.6. The molecule has 0 aromatic heterocycles. The van der Waals surface area contributed by atoms with Gasteiger partial charge in [0.15, 0.2) is 0 Å². The van der Waals surface area contributed by atoms with Crippen LogP contribution in [0.1, 0.15) is 37.6 Å². The number of hydrogen-bond donors (Lipinski definition) is 1. The van der Waals surface area contributed by atoms with Crippen molar-refractivity contribution in [2.24, 2.45) is 11.3 Å². The van der Waals surface area contributed by atoms with Gasteiger partial charge in [-0.05, 0) is 36.0 Å². The van der Waals surface area contributed by atoms with E-state index < -0.39 is 5.97 Å². The van der Waals surface area contributed by atoms with E-state index in [4.69, 9.17) is 16.7 Å². The van der Waals surface area contributed by atoms with E-state index in [1.54, 1.807) is 6.07 Å². The Morgan fingerprint density at radius 1 is 1.42 bits per heavy atom. The third-order valence-corrected chi connectivity index (χ3v) is 4.25. The maximum Gasteiger partial charge on any atom is 0.335 e. The zero-order valence-corrected chi connectivity index (χ0v) is 12.4. The Labute approximate surface area is 119 Å². The molecule has 2 rings (SSSR count). The van der Waals surface area contributed by atoms with Gasteiger partial charge in [0.1, 0.15) is 0 Å². The molecule has 1 fully saturated rings. The fourth-order valence-corrected chi connectivity index (χ4v) is 2.88. The van der Waals surface area contributed by atoms with Gasteiger partial charge in [-0.3, -0.25) is 0 Å². The number of carbonyl (C=O) groups is 1. The highest BCUT2D eigenvalue weighted by atomic mass is 35.5. The first kappa shape index (κ1) is 14.2. The van der Waals surface area contributed by atoms with Crippen LogP contribution in [0, 0.1) is 11.3 Å². The number of hydrogen-bond acceptors (Lipinski definition) is 2. The molecule has 1 aliphatic heterocycles. The van der Waals surface area contributed by atoms with E-state index >= 15 is 0 Å². The fourth-order valence-electron chi connectivity index (χ4n) is 2.58. The molecule has 0 spiro atoms. The molecule has 1 aromatic rings. The van der Waals surface area contributed by atoms with Crippen LogP contribution in [0.3, 0.4) is 0 Å². The van der Waals surface area contributed by atoms with Crippen LogP contribution in [0.15, 0.2) is 18.2 Å². The van der Waals surface area contributed by atoms with Crippen LogP contribution >= 0.6 is 11.6 Å². The molecule has 104 valence electrons. The van der Waals surface area contributed by atoms with Crippen molar-refractivity contribution < 1.29 is 9.90 Å². The van der Waals surface area contributed by atoms with Crippen molar-refractivity contribution in [3.63, 3.8) is 0 Å². The molecule has 0 radical (unpaired) electrons. The lowest BCUT2D eigenvalue weighted by Crippen LogP contribution is -2.26. The van der Waals surface area contributed by atoms with E-state index in [1.807, 2.05) is 6.07 Å². The Morgan fingerprint density at radius 2 is 2.11 bits per heavy atom. The molecule has 1 N–H and O–H groups in total. The molecule has 3 nitrogen and oxygen atoms in total. The Bertz CT molecular complexity index is 493. The smallest absolute Gasteiger partial charge is 0.335 e. The molecule has 4 heteroatoms. The molecule has 1 aliphatic rings. The highest BCUT2D eigenvalue weighted by molar-refractivity contribution is 6.33. The van der Waals surface area contributed by atoms with Crippen LogP contribution in [0.4, 0.5) is 5.69 Å². The number of nitrogens with zero attached hydrogens (tertiary/aromatic N) is 1. The van der Waals surface area contributed by atoms with E-state index in [9.17, 15) is 4.79 Å². The summed E-state index contributed by atoms with van der Waals surface area (Å²) < 4.78 is 0. The lowest BCUT2D eigenvalue weighted by atomic mass is 9.80. The molecule has 0 amide bonds. The topological polar surface area (TPSA) is 40.5 Å². The highest BCUT2D eigenvalue weighted by Gasteiger charge is 2.32. The molecule has 1 saturated heterocycles. The predicted molar refractivity (Wildman–Crippen MR) is 78.2 cm³/mol. The summed E-state index contributed by atoms with van der Waals surface area (Å²) in [5.74, 6) is -0.301. The Morgan fingerprint density at radius 3 is 2.58 bits per heavy atom. The lowest BCUT2D eigenvalue weighted by molar-refractivity contribution is 0.0697. The van der Waals surface area contributed by atoms with Gasteiger partial charge in [-0.15, -0.1) is 0 Å². The second kappa shape index (κ2) is 5.04. The minimum Gasteiger partial charge on any atom is -0.478 e. The van der Waals surface area contributed by atoms with E-state index in [1.165, 1.54) is 6.07 Å². The number of rotatable bonds is 2. The average Bonchev–Trinajstić information content (AvgIpc) is 2.77. The lowest BCUT2D eigenvalue weighted by Gasteiger charge is -2.27. The van der Waals surface area contributed by atoms with E-state index in [2.05, 4.69) is 25.7 Å². The number of halogens is 1. The van der Waals surface area contributed by atoms with Gasteiger partial charge in [-0.2, -0.15) is 0 Å². The summed E-state index contributed by atoms with van der Waals surface area (Å²) in [6, 6.07) is 4.97. The van der Waals surface area contributed by atoms with Crippen LogP contribution in [-0.4, -0.2) is 24.2 Å². The van der Waals surface area contributed by atoms with Crippen LogP contribution in [0.2, 0.25) is 5.02 Å². The third-order valence-electron chi connectivity index (χ3n) is 3.95. The van der Waals surface area contributed by atoms with Gasteiger partial charge in [-0.25, -0.2) is 4.79 Å². The first-order valence-electron chi connectivity index (χ1n) is 6.57. The Balaban J connectivity index is 2.18. The van der Waals surface area contributed by atoms with E-state index in [-0.39, 0.29) is 5.56 Å². The monoisotopic (exact) mass is 281 g/mol. The first-order valence-corrected chi connectivity index (χ1v) is 6.94. The van der Waals surface area contributed by atoms with Gasteiger partial charge in [0, 0.05) is 13.1 Å². The standard InChI is InChI=1S/C15H20ClNO2/c1-15(2,3)11-6-7-17(9-11)13-5-4-10(14(18)19)8-12(13)16/h4-5,8,11H,6-7,9H2,1-3H3,(H,18,19). The molecule has 1 unspecified atom stereocenters. The summed E-state index contributed by atoms with van der Waals surface area (Å²) in [7, 11) is 0. The first-order chi connectivity index (χ1) is 8.79. The molecule has 0 bridgehead atoms. The number of aromatic carboxylic acids is 1. The normalized spacial score (nSPS) is 19.8. The second-order valence-corrected chi connectivity index (χ2v) is 6.68. The number of anilines is 1. The number of carboxylic acids is 1. The van der Waals surface area contributed by atoms with Gasteiger partial charge in [-0.1, -0.05) is 32.4 Å². The van der Waals surface area contributed by atoms with Crippen LogP contribution in [-0.2, 0) is 0 Å². The largest absolute Gasteiger partial charge is 0.478 e. The average molecular weight is 282 g/mol. The van der Waals surface area contributed by atoms with Gasteiger partial charge < -0.3 is 10.0 Å². The third kappa shape index (κ3) is 3.03. The zero-order chi connectivity index (χ0) is 14.2. The second-order valence-electron chi connectivity index (χ2n) is 6.27. The Hall–Kier alpha value is -1.22. The molecular weight excluding hydrogens is 262 g/mol. The minimum atomic E-state index is -0.942. The molecule has 19 heavy (non-hydrogen) atoms. The van der Waals surface area contributed by atoms with Crippen molar-refractivity contribution in [1.82, 2.24) is 0 Å². The number of benzene rings is 1. The fraction of sp³-hybridized carbons (Fsp3) is 0.533. The van der Waals surface area contributed by atoms with Gasteiger partial charge in [0.25, 0.3) is 0 Å². The summed E-state index contributed by atoms with van der Waals surface area (Å²) in [5.41, 5.74) is 1.47. The minimum absolute atomic E-state index is 0.236. The van der Waals surface area contributed by atoms with Crippen LogP contribution in [0.5, 0.6) is 0 Å². The predicted octanol–water partition coefficient (Wildman–Crippen LogP) is 3.91. The van der Waals surface area contributed by atoms with Gasteiger partial charge in [0.05, 0.1) is 16.3 Å². The molecule has 0 saturated carbocycles. The van der Waals surface area contributed by atoms with Crippen molar-refractivity contribution in [1.29, 1.82) is 0 Å². The van der Waals surface area contributed by atoms with Crippen molar-refractivity contribution in [2.45, 2.75) is 27.2 Å². The van der Waals surface area contributed by atoms with Crippen LogP contribution in [0.25, 0.3) is 0 Å². The summed E-state index contributed by atoms with van der Waals surface area (Å²) >= 11 is 6.21. The summed E-state index contributed by atoms with van der Waals surface area (Å²) in [6.07, 6.45) is 1.15. The maximum atomic E-state index is 10.9. The van der Waals surface area contributed by atoms with Crippen molar-refractivity contribution in [3.8, 4) is 0 Å². The molecule has 1 aromatic carbocycles. The maximum absolute atomic E-state index is 10.9. The Kier molecular flexibility index (Phi) is 3.77. The summed E-state index contributed by atoms with van der Waals surface area (Å²) in [4.78, 5) is 13.2. The summed E-state index contributed by atoms with van der Waals surface area (Å²) in [6.45, 7) is 8.74. The quantitative estimate of drug-likeness (QED) is 0.893. The summed E-state index contributed by atoms with van der Waals surface area (Å²) in [5, 5.41) is 9.46. The molecule has 1 atom stereocenters.